The molecule has 0 aliphatic carbocycles. The van der Waals surface area contributed by atoms with Crippen LogP contribution in [-0.2, 0) is 7.05 Å². The average molecular weight is 297 g/mol. The van der Waals surface area contributed by atoms with Crippen molar-refractivity contribution in [2.75, 3.05) is 0 Å². The quantitative estimate of drug-likeness (QED) is 0.687. The molecule has 0 saturated heterocycles. The summed E-state index contributed by atoms with van der Waals surface area (Å²) in [6.07, 6.45) is 1.20. The van der Waals surface area contributed by atoms with Gasteiger partial charge in [-0.1, -0.05) is 11.8 Å². The molecule has 2 aromatic rings. The van der Waals surface area contributed by atoms with Gasteiger partial charge in [-0.2, -0.15) is 5.10 Å². The minimum absolute atomic E-state index is 0.000983. The molecule has 0 radical (unpaired) electrons. The van der Waals surface area contributed by atoms with Crippen LogP contribution < -0.4 is 0 Å². The lowest BCUT2D eigenvalue weighted by Crippen LogP contribution is -1.97. The van der Waals surface area contributed by atoms with Gasteiger partial charge in [0.15, 0.2) is 0 Å². The maximum atomic E-state index is 13.6. The normalized spacial score (nSPS) is 10.5. The summed E-state index contributed by atoms with van der Waals surface area (Å²) in [7, 11) is 1.50. The molecular weight excluding hydrogens is 289 g/mol. The molecule has 0 spiro atoms. The third-order valence-corrected chi connectivity index (χ3v) is 3.38. The number of nitro groups is 1. The molecule has 0 aliphatic heterocycles. The number of aromatic carboxylic acids is 1. The molecule has 2 rings (SSSR count). The van der Waals surface area contributed by atoms with Crippen molar-refractivity contribution < 1.29 is 19.2 Å². The number of nitrogens with zero attached hydrogens (tertiary/aromatic N) is 3. The highest BCUT2D eigenvalue weighted by Gasteiger charge is 2.21. The van der Waals surface area contributed by atoms with Crippen LogP contribution in [0.4, 0.5) is 10.1 Å². The van der Waals surface area contributed by atoms with E-state index in [1.807, 2.05) is 0 Å². The summed E-state index contributed by atoms with van der Waals surface area (Å²) in [5, 5.41) is 23.6. The lowest BCUT2D eigenvalue weighted by molar-refractivity contribution is -0.387. The molecule has 1 heterocycles. The number of aromatic nitrogens is 2. The lowest BCUT2D eigenvalue weighted by Gasteiger charge is -2.02. The minimum atomic E-state index is -1.21. The molecule has 1 aromatic carbocycles. The topological polar surface area (TPSA) is 98.3 Å². The largest absolute Gasteiger partial charge is 0.478 e. The maximum absolute atomic E-state index is 13.6. The second-order valence-corrected chi connectivity index (χ2v) is 4.83. The van der Waals surface area contributed by atoms with E-state index >= 15 is 0 Å². The van der Waals surface area contributed by atoms with Crippen LogP contribution in [0.3, 0.4) is 0 Å². The Bertz CT molecular complexity index is 701. The van der Waals surface area contributed by atoms with E-state index in [1.165, 1.54) is 17.9 Å². The highest BCUT2D eigenvalue weighted by molar-refractivity contribution is 7.99. The van der Waals surface area contributed by atoms with E-state index in [0.717, 1.165) is 18.2 Å². The molecule has 9 heteroatoms. The van der Waals surface area contributed by atoms with Crippen LogP contribution in [0.5, 0.6) is 0 Å². The zero-order chi connectivity index (χ0) is 14.9. The fourth-order valence-corrected chi connectivity index (χ4v) is 2.43. The number of hydrogen-bond acceptors (Lipinski definition) is 5. The van der Waals surface area contributed by atoms with Crippen molar-refractivity contribution in [2.24, 2.45) is 7.05 Å². The van der Waals surface area contributed by atoms with Crippen LogP contribution in [0.25, 0.3) is 0 Å². The Labute approximate surface area is 116 Å². The number of rotatable bonds is 4. The van der Waals surface area contributed by atoms with Crippen molar-refractivity contribution in [3.63, 3.8) is 0 Å². The summed E-state index contributed by atoms with van der Waals surface area (Å²) in [5.41, 5.74) is -0.370. The summed E-state index contributed by atoms with van der Waals surface area (Å²) in [6, 6.07) is 3.23. The van der Waals surface area contributed by atoms with Crippen molar-refractivity contribution in [3.8, 4) is 0 Å². The van der Waals surface area contributed by atoms with Crippen molar-refractivity contribution >= 4 is 23.4 Å². The van der Waals surface area contributed by atoms with Crippen LogP contribution in [0, 0.1) is 15.9 Å². The Balaban J connectivity index is 2.42. The van der Waals surface area contributed by atoms with Gasteiger partial charge in [0.25, 0.3) is 0 Å². The SMILES string of the molecule is Cn1cc([N+](=O)[O-])c(Sc2cc(C(=O)O)ccc2F)n1. The molecule has 104 valence electrons. The molecular formula is C11H8FN3O4S. The molecule has 0 fully saturated rings. The van der Waals surface area contributed by atoms with E-state index < -0.39 is 16.7 Å². The summed E-state index contributed by atoms with van der Waals surface area (Å²) in [4.78, 5) is 21.0. The smallest absolute Gasteiger partial charge is 0.335 e. The second kappa shape index (κ2) is 5.29. The number of carboxylic acid groups (broad SMARTS) is 1. The Morgan fingerprint density at radius 3 is 2.85 bits per heavy atom. The first-order valence-corrected chi connectivity index (χ1v) is 6.09. The molecule has 0 bridgehead atoms. The summed E-state index contributed by atoms with van der Waals surface area (Å²) >= 11 is 0.710. The second-order valence-electron chi connectivity index (χ2n) is 3.80. The van der Waals surface area contributed by atoms with E-state index in [9.17, 15) is 19.3 Å². The molecule has 0 unspecified atom stereocenters. The Morgan fingerprint density at radius 2 is 2.25 bits per heavy atom. The summed E-state index contributed by atoms with van der Waals surface area (Å²) in [6.45, 7) is 0. The zero-order valence-electron chi connectivity index (χ0n) is 10.1. The van der Waals surface area contributed by atoms with Crippen molar-refractivity contribution in [2.45, 2.75) is 9.92 Å². The predicted octanol–water partition coefficient (Wildman–Crippen LogP) is 2.32. The van der Waals surface area contributed by atoms with Crippen LogP contribution in [0.15, 0.2) is 34.3 Å². The van der Waals surface area contributed by atoms with Gasteiger partial charge >= 0.3 is 11.7 Å². The van der Waals surface area contributed by atoms with Gasteiger partial charge < -0.3 is 5.11 Å². The number of carboxylic acids is 1. The lowest BCUT2D eigenvalue weighted by atomic mass is 10.2. The number of aryl methyl sites for hydroxylation is 1. The number of benzene rings is 1. The molecule has 1 aromatic heterocycles. The first-order valence-electron chi connectivity index (χ1n) is 5.27. The Kier molecular flexibility index (Phi) is 3.70. The first-order chi connectivity index (χ1) is 9.38. The third-order valence-electron chi connectivity index (χ3n) is 2.36. The van der Waals surface area contributed by atoms with E-state index in [-0.39, 0.29) is 21.2 Å². The van der Waals surface area contributed by atoms with Gasteiger partial charge in [0.05, 0.1) is 15.4 Å². The van der Waals surface area contributed by atoms with E-state index in [4.69, 9.17) is 5.11 Å². The van der Waals surface area contributed by atoms with E-state index in [2.05, 4.69) is 5.10 Å². The van der Waals surface area contributed by atoms with Crippen molar-refractivity contribution in [1.29, 1.82) is 0 Å². The van der Waals surface area contributed by atoms with Gasteiger partial charge in [-0.15, -0.1) is 0 Å². The standard InChI is InChI=1S/C11H8FN3O4S/c1-14-5-8(15(18)19)10(13-14)20-9-4-6(11(16)17)2-3-7(9)12/h2-5H,1H3,(H,16,17). The highest BCUT2D eigenvalue weighted by Crippen LogP contribution is 2.35. The number of carbonyl (C=O) groups is 1. The Morgan fingerprint density at radius 1 is 1.55 bits per heavy atom. The van der Waals surface area contributed by atoms with Gasteiger partial charge in [0.2, 0.25) is 5.03 Å². The molecule has 0 aliphatic rings. The average Bonchev–Trinajstić information content (AvgIpc) is 2.73. The fourth-order valence-electron chi connectivity index (χ4n) is 1.47. The first kappa shape index (κ1) is 14.0. The molecule has 0 atom stereocenters. The van der Waals surface area contributed by atoms with Gasteiger partial charge in [-0.3, -0.25) is 14.8 Å². The van der Waals surface area contributed by atoms with Gasteiger partial charge in [0, 0.05) is 7.05 Å². The van der Waals surface area contributed by atoms with Crippen LogP contribution in [0.2, 0.25) is 0 Å². The van der Waals surface area contributed by atoms with E-state index in [0.29, 0.717) is 11.8 Å². The van der Waals surface area contributed by atoms with E-state index in [1.54, 1.807) is 0 Å². The number of halogens is 1. The minimum Gasteiger partial charge on any atom is -0.478 e. The monoisotopic (exact) mass is 297 g/mol. The molecule has 7 nitrogen and oxygen atoms in total. The molecule has 0 saturated carbocycles. The molecule has 0 amide bonds. The van der Waals surface area contributed by atoms with Crippen LogP contribution in [0.1, 0.15) is 10.4 Å². The maximum Gasteiger partial charge on any atom is 0.335 e. The Hall–Kier alpha value is -2.42. The van der Waals surface area contributed by atoms with Gasteiger partial charge in [-0.05, 0) is 18.2 Å². The van der Waals surface area contributed by atoms with Gasteiger partial charge in [0.1, 0.15) is 12.0 Å². The predicted molar refractivity (Wildman–Crippen MR) is 67.3 cm³/mol. The highest BCUT2D eigenvalue weighted by atomic mass is 32.2. The summed E-state index contributed by atoms with van der Waals surface area (Å²) < 4.78 is 14.9. The third kappa shape index (κ3) is 2.77. The summed E-state index contributed by atoms with van der Waals surface area (Å²) in [5.74, 6) is -1.87. The van der Waals surface area contributed by atoms with Crippen LogP contribution >= 0.6 is 11.8 Å². The molecule has 20 heavy (non-hydrogen) atoms. The zero-order valence-corrected chi connectivity index (χ0v) is 10.9. The molecule has 1 N–H and O–H groups in total. The fraction of sp³-hybridized carbons (Fsp3) is 0.0909. The van der Waals surface area contributed by atoms with Gasteiger partial charge in [-0.25, -0.2) is 9.18 Å². The van der Waals surface area contributed by atoms with Crippen LogP contribution in [-0.4, -0.2) is 25.8 Å². The van der Waals surface area contributed by atoms with Crippen molar-refractivity contribution in [1.82, 2.24) is 9.78 Å². The number of hydrogen-bond donors (Lipinski definition) is 1. The van der Waals surface area contributed by atoms with Crippen molar-refractivity contribution in [3.05, 3.63) is 45.9 Å².